The number of carbonyl (C=O) groups excluding carboxylic acids is 1. The van der Waals surface area contributed by atoms with Crippen LogP contribution in [0.25, 0.3) is 0 Å². The van der Waals surface area contributed by atoms with Gasteiger partial charge >= 0.3 is 0 Å². The van der Waals surface area contributed by atoms with E-state index in [1.54, 1.807) is 11.0 Å². The first kappa shape index (κ1) is 12.6. The van der Waals surface area contributed by atoms with E-state index in [1.165, 1.54) is 44.9 Å². The van der Waals surface area contributed by atoms with E-state index in [1.807, 2.05) is 0 Å². The molecule has 1 amide bonds. The first-order valence-corrected chi connectivity index (χ1v) is 7.37. The molecule has 5 heteroatoms. The molecule has 2 aliphatic rings. The summed E-state index contributed by atoms with van der Waals surface area (Å²) in [5.41, 5.74) is 0. The van der Waals surface area contributed by atoms with Crippen LogP contribution in [0.3, 0.4) is 0 Å². The molecule has 0 saturated heterocycles. The molecule has 0 bridgehead atoms. The van der Waals surface area contributed by atoms with Gasteiger partial charge in [0.1, 0.15) is 19.2 Å². The largest absolute Gasteiger partial charge is 0.335 e. The fraction of sp³-hybridized carbons (Fsp3) is 0.786. The molecular weight excluding hydrogens is 240 g/mol. The summed E-state index contributed by atoms with van der Waals surface area (Å²) in [4.78, 5) is 18.6. The van der Waals surface area contributed by atoms with Crippen molar-refractivity contribution in [2.75, 3.05) is 0 Å². The molecule has 1 aromatic rings. The first-order valence-electron chi connectivity index (χ1n) is 7.37. The molecule has 1 aromatic heterocycles. The molecule has 0 atom stereocenters. The summed E-state index contributed by atoms with van der Waals surface area (Å²) in [6.45, 7) is 2.65. The Hall–Kier alpha value is -1.39. The second-order valence-corrected chi connectivity index (χ2v) is 6.04. The third kappa shape index (κ3) is 2.96. The molecule has 2 saturated carbocycles. The number of amides is 1. The monoisotopic (exact) mass is 262 g/mol. The van der Waals surface area contributed by atoms with Gasteiger partial charge in [0.25, 0.3) is 0 Å². The lowest BCUT2D eigenvalue weighted by molar-refractivity contribution is -0.136. The van der Waals surface area contributed by atoms with Crippen LogP contribution in [0, 0.1) is 5.92 Å². The predicted molar refractivity (Wildman–Crippen MR) is 71.3 cm³/mol. The van der Waals surface area contributed by atoms with Crippen molar-refractivity contribution >= 4 is 5.91 Å². The van der Waals surface area contributed by atoms with Gasteiger partial charge in [-0.25, -0.2) is 9.67 Å². The van der Waals surface area contributed by atoms with E-state index in [2.05, 4.69) is 21.9 Å². The van der Waals surface area contributed by atoms with Gasteiger partial charge in [-0.3, -0.25) is 4.79 Å². The quantitative estimate of drug-likeness (QED) is 0.832. The van der Waals surface area contributed by atoms with Crippen LogP contribution < -0.4 is 0 Å². The molecule has 0 aliphatic heterocycles. The van der Waals surface area contributed by atoms with Gasteiger partial charge in [-0.2, -0.15) is 5.10 Å². The standard InChI is InChI=1S/C14H22N4O/c1-11-2-4-12(5-3-11)18(13-6-7-13)14(19)8-17-10-15-9-16-17/h9-13H,2-8H2,1H3. The van der Waals surface area contributed by atoms with Gasteiger partial charge in [0.05, 0.1) is 0 Å². The van der Waals surface area contributed by atoms with E-state index in [0.717, 1.165) is 5.92 Å². The highest BCUT2D eigenvalue weighted by Crippen LogP contribution is 2.35. The van der Waals surface area contributed by atoms with Gasteiger partial charge in [-0.15, -0.1) is 0 Å². The lowest BCUT2D eigenvalue weighted by Crippen LogP contribution is -2.45. The Morgan fingerprint density at radius 1 is 1.21 bits per heavy atom. The minimum atomic E-state index is 0.215. The number of rotatable bonds is 4. The summed E-state index contributed by atoms with van der Waals surface area (Å²) >= 11 is 0. The molecule has 3 rings (SSSR count). The van der Waals surface area contributed by atoms with Crippen LogP contribution in [0.15, 0.2) is 12.7 Å². The van der Waals surface area contributed by atoms with Crippen molar-refractivity contribution in [3.8, 4) is 0 Å². The number of hydrogen-bond acceptors (Lipinski definition) is 3. The summed E-state index contributed by atoms with van der Waals surface area (Å²) in [5, 5.41) is 4.03. The summed E-state index contributed by atoms with van der Waals surface area (Å²) in [6, 6.07) is 0.953. The summed E-state index contributed by atoms with van der Waals surface area (Å²) in [5.74, 6) is 1.04. The normalized spacial score (nSPS) is 27.2. The van der Waals surface area contributed by atoms with Crippen molar-refractivity contribution in [3.63, 3.8) is 0 Å². The molecule has 0 radical (unpaired) electrons. The van der Waals surface area contributed by atoms with Crippen LogP contribution in [-0.4, -0.2) is 37.7 Å². The van der Waals surface area contributed by atoms with Crippen LogP contribution in [0.5, 0.6) is 0 Å². The molecule has 5 nitrogen and oxygen atoms in total. The Morgan fingerprint density at radius 2 is 1.84 bits per heavy atom. The van der Waals surface area contributed by atoms with Crippen LogP contribution in [-0.2, 0) is 11.3 Å². The second kappa shape index (κ2) is 5.31. The smallest absolute Gasteiger partial charge is 0.244 e. The molecule has 0 aromatic carbocycles. The third-order valence-electron chi connectivity index (χ3n) is 4.37. The maximum atomic E-state index is 12.5. The van der Waals surface area contributed by atoms with Gasteiger partial charge in [0.15, 0.2) is 0 Å². The summed E-state index contributed by atoms with van der Waals surface area (Å²) < 4.78 is 1.63. The summed E-state index contributed by atoms with van der Waals surface area (Å²) in [7, 11) is 0. The number of carbonyl (C=O) groups is 1. The highest BCUT2D eigenvalue weighted by molar-refractivity contribution is 5.77. The second-order valence-electron chi connectivity index (χ2n) is 6.04. The molecule has 1 heterocycles. The van der Waals surface area contributed by atoms with E-state index in [-0.39, 0.29) is 5.91 Å². The average Bonchev–Trinajstić information content (AvgIpc) is 3.09. The van der Waals surface area contributed by atoms with Gasteiger partial charge < -0.3 is 4.90 Å². The highest BCUT2D eigenvalue weighted by atomic mass is 16.2. The van der Waals surface area contributed by atoms with Crippen molar-refractivity contribution < 1.29 is 4.79 Å². The molecule has 104 valence electrons. The fourth-order valence-corrected chi connectivity index (χ4v) is 3.11. The van der Waals surface area contributed by atoms with Crippen molar-refractivity contribution in [1.29, 1.82) is 0 Å². The van der Waals surface area contributed by atoms with Crippen LogP contribution in [0.1, 0.15) is 45.4 Å². The Bertz CT molecular complexity index is 419. The van der Waals surface area contributed by atoms with Crippen LogP contribution in [0.4, 0.5) is 0 Å². The van der Waals surface area contributed by atoms with Crippen molar-refractivity contribution in [2.45, 2.75) is 64.1 Å². The maximum Gasteiger partial charge on any atom is 0.244 e. The van der Waals surface area contributed by atoms with E-state index in [0.29, 0.717) is 18.6 Å². The Balaban J connectivity index is 1.65. The van der Waals surface area contributed by atoms with Crippen molar-refractivity contribution in [3.05, 3.63) is 12.7 Å². The molecule has 0 N–H and O–H groups in total. The molecule has 19 heavy (non-hydrogen) atoms. The zero-order chi connectivity index (χ0) is 13.2. The van der Waals surface area contributed by atoms with Gasteiger partial charge in [0.2, 0.25) is 5.91 Å². The lowest BCUT2D eigenvalue weighted by Gasteiger charge is -2.36. The molecule has 2 aliphatic carbocycles. The molecular formula is C14H22N4O. The number of aromatic nitrogens is 3. The SMILES string of the molecule is CC1CCC(N(C(=O)Cn2cncn2)C2CC2)CC1. The number of hydrogen-bond donors (Lipinski definition) is 0. The highest BCUT2D eigenvalue weighted by Gasteiger charge is 2.38. The van der Waals surface area contributed by atoms with Crippen molar-refractivity contribution in [2.24, 2.45) is 5.92 Å². The molecule has 0 unspecified atom stereocenters. The fourth-order valence-electron chi connectivity index (χ4n) is 3.11. The number of nitrogens with zero attached hydrogens (tertiary/aromatic N) is 4. The van der Waals surface area contributed by atoms with E-state index in [4.69, 9.17) is 0 Å². The maximum absolute atomic E-state index is 12.5. The molecule has 2 fully saturated rings. The third-order valence-corrected chi connectivity index (χ3v) is 4.37. The van der Waals surface area contributed by atoms with Crippen LogP contribution >= 0.6 is 0 Å². The Kier molecular flexibility index (Phi) is 3.53. The lowest BCUT2D eigenvalue weighted by atomic mass is 9.86. The minimum Gasteiger partial charge on any atom is -0.335 e. The first-order chi connectivity index (χ1) is 9.24. The predicted octanol–water partition coefficient (Wildman–Crippen LogP) is 1.85. The summed E-state index contributed by atoms with van der Waals surface area (Å²) in [6.07, 6.45) is 10.3. The zero-order valence-corrected chi connectivity index (χ0v) is 11.5. The Labute approximate surface area is 114 Å². The van der Waals surface area contributed by atoms with Gasteiger partial charge in [-0.05, 0) is 44.4 Å². The van der Waals surface area contributed by atoms with E-state index < -0.39 is 0 Å². The molecule has 0 spiro atoms. The van der Waals surface area contributed by atoms with Crippen LogP contribution in [0.2, 0.25) is 0 Å². The van der Waals surface area contributed by atoms with E-state index in [9.17, 15) is 4.79 Å². The van der Waals surface area contributed by atoms with Gasteiger partial charge in [-0.1, -0.05) is 6.92 Å². The van der Waals surface area contributed by atoms with E-state index >= 15 is 0 Å². The Morgan fingerprint density at radius 3 is 2.37 bits per heavy atom. The van der Waals surface area contributed by atoms with Crippen molar-refractivity contribution in [1.82, 2.24) is 19.7 Å². The average molecular weight is 262 g/mol. The van der Waals surface area contributed by atoms with Gasteiger partial charge in [0, 0.05) is 12.1 Å². The zero-order valence-electron chi connectivity index (χ0n) is 11.5. The topological polar surface area (TPSA) is 51.0 Å². The minimum absolute atomic E-state index is 0.215.